The van der Waals surface area contributed by atoms with E-state index in [9.17, 15) is 14.9 Å². The van der Waals surface area contributed by atoms with Crippen LogP contribution in [0.5, 0.6) is 0 Å². The molecule has 1 aromatic heterocycles. The van der Waals surface area contributed by atoms with Crippen LogP contribution in [0.4, 0.5) is 5.69 Å². The maximum absolute atomic E-state index is 12.3. The van der Waals surface area contributed by atoms with Crippen molar-refractivity contribution in [1.29, 1.82) is 5.26 Å². The number of ketones is 1. The van der Waals surface area contributed by atoms with Crippen molar-refractivity contribution < 1.29 is 9.59 Å². The third-order valence-corrected chi connectivity index (χ3v) is 5.45. The van der Waals surface area contributed by atoms with E-state index in [1.807, 2.05) is 13.1 Å². The Balaban J connectivity index is 1.46. The summed E-state index contributed by atoms with van der Waals surface area (Å²) in [5, 5.41) is 12.5. The lowest BCUT2D eigenvalue weighted by molar-refractivity contribution is -0.128. The van der Waals surface area contributed by atoms with Crippen LogP contribution in [-0.4, -0.2) is 46.2 Å². The molecular weight excluding hydrogens is 366 g/mol. The number of nitrogens with zero attached hydrogens (tertiary/aromatic N) is 4. The number of nitriles is 1. The Bertz CT molecular complexity index is 972. The summed E-state index contributed by atoms with van der Waals surface area (Å²) in [6, 6.07) is 7.82. The zero-order chi connectivity index (χ0) is 20.4. The summed E-state index contributed by atoms with van der Waals surface area (Å²) in [5.74, 6) is 0.453. The van der Waals surface area contributed by atoms with E-state index in [-0.39, 0.29) is 24.2 Å². The fourth-order valence-electron chi connectivity index (χ4n) is 3.23. The quantitative estimate of drug-likeness (QED) is 0.745. The first-order valence-corrected chi connectivity index (χ1v) is 9.93. The number of carbonyl (C=O) groups is 2. The van der Waals surface area contributed by atoms with Crippen molar-refractivity contribution in [2.75, 3.05) is 18.9 Å². The van der Waals surface area contributed by atoms with Gasteiger partial charge < -0.3 is 10.2 Å². The molecule has 2 aliphatic rings. The number of carbonyl (C=O) groups excluding carboxylic acids is 2. The number of hydrogen-bond acceptors (Lipinski definition) is 6. The van der Waals surface area contributed by atoms with Crippen molar-refractivity contribution in [2.24, 2.45) is 5.92 Å². The largest absolute Gasteiger partial charge is 0.375 e. The van der Waals surface area contributed by atoms with Gasteiger partial charge in [0.2, 0.25) is 5.91 Å². The molecule has 0 radical (unpaired) electrons. The molecule has 2 aromatic rings. The Morgan fingerprint density at radius 2 is 2.00 bits per heavy atom. The highest BCUT2D eigenvalue weighted by Crippen LogP contribution is 2.31. The second-order valence-corrected chi connectivity index (χ2v) is 7.77. The Kier molecular flexibility index (Phi) is 5.26. The van der Waals surface area contributed by atoms with Gasteiger partial charge in [-0.05, 0) is 37.8 Å². The molecule has 0 aliphatic heterocycles. The summed E-state index contributed by atoms with van der Waals surface area (Å²) in [6.45, 7) is 0.138. The van der Waals surface area contributed by atoms with Gasteiger partial charge >= 0.3 is 0 Å². The standard InChI is InChI=1S/C22H23N5O2/c1-27(18-6-7-18)22(29)13-26-19-8-15(4-5-16(19)10-23)20-12-24-17(11-25-20)9-21(28)14-2-3-14/h4-5,8,11-12,14,18,26H,2-3,6-7,9,13H2,1H3. The topological polar surface area (TPSA) is 99.0 Å². The Hall–Kier alpha value is -3.27. The average Bonchev–Trinajstić information content (AvgIpc) is 3.64. The molecule has 0 saturated heterocycles. The molecule has 0 bridgehead atoms. The van der Waals surface area contributed by atoms with Gasteiger partial charge in [0.25, 0.3) is 0 Å². The van der Waals surface area contributed by atoms with E-state index >= 15 is 0 Å². The molecule has 7 heteroatoms. The highest BCUT2D eigenvalue weighted by Gasteiger charge is 2.30. The third kappa shape index (κ3) is 4.60. The number of benzene rings is 1. The number of rotatable bonds is 8. The third-order valence-electron chi connectivity index (χ3n) is 5.45. The number of Topliss-reactive ketones (excluding diaryl/α,β-unsaturated/α-hetero) is 1. The molecule has 1 heterocycles. The van der Waals surface area contributed by atoms with Crippen LogP contribution >= 0.6 is 0 Å². The molecule has 1 N–H and O–H groups in total. The summed E-state index contributed by atoms with van der Waals surface area (Å²) in [4.78, 5) is 34.8. The van der Waals surface area contributed by atoms with Crippen LogP contribution in [0, 0.1) is 17.2 Å². The minimum absolute atomic E-state index is 0.00580. The summed E-state index contributed by atoms with van der Waals surface area (Å²) in [6.07, 6.45) is 7.70. The van der Waals surface area contributed by atoms with Crippen molar-refractivity contribution >= 4 is 17.4 Å². The molecule has 29 heavy (non-hydrogen) atoms. The predicted octanol–water partition coefficient (Wildman–Crippen LogP) is 2.57. The zero-order valence-corrected chi connectivity index (χ0v) is 16.4. The van der Waals surface area contributed by atoms with Gasteiger partial charge in [0.1, 0.15) is 11.9 Å². The molecule has 0 unspecified atom stereocenters. The average molecular weight is 389 g/mol. The molecule has 1 amide bonds. The molecule has 1 aromatic carbocycles. The summed E-state index contributed by atoms with van der Waals surface area (Å²) in [5.41, 5.74) is 3.18. The Morgan fingerprint density at radius 3 is 2.62 bits per heavy atom. The molecule has 148 valence electrons. The van der Waals surface area contributed by atoms with Crippen molar-refractivity contribution in [2.45, 2.75) is 38.1 Å². The molecule has 2 aliphatic carbocycles. The zero-order valence-electron chi connectivity index (χ0n) is 16.4. The molecule has 4 rings (SSSR count). The van der Waals surface area contributed by atoms with Gasteiger partial charge in [-0.2, -0.15) is 5.26 Å². The monoisotopic (exact) mass is 389 g/mol. The van der Waals surface area contributed by atoms with Gasteiger partial charge in [0.15, 0.2) is 0 Å². The van der Waals surface area contributed by atoms with Crippen molar-refractivity contribution in [3.8, 4) is 17.3 Å². The molecule has 0 spiro atoms. The van der Waals surface area contributed by atoms with Crippen molar-refractivity contribution in [3.63, 3.8) is 0 Å². The molecule has 2 saturated carbocycles. The van der Waals surface area contributed by atoms with Crippen LogP contribution in [0.3, 0.4) is 0 Å². The lowest BCUT2D eigenvalue weighted by Crippen LogP contribution is -2.33. The van der Waals surface area contributed by atoms with Crippen LogP contribution < -0.4 is 5.32 Å². The molecule has 0 atom stereocenters. The van der Waals surface area contributed by atoms with E-state index in [0.29, 0.717) is 35.1 Å². The Labute approximate surface area is 169 Å². The van der Waals surface area contributed by atoms with E-state index in [1.54, 1.807) is 29.4 Å². The molecule has 7 nitrogen and oxygen atoms in total. The van der Waals surface area contributed by atoms with E-state index in [0.717, 1.165) is 31.2 Å². The fourth-order valence-corrected chi connectivity index (χ4v) is 3.23. The number of hydrogen-bond donors (Lipinski definition) is 1. The summed E-state index contributed by atoms with van der Waals surface area (Å²) < 4.78 is 0. The predicted molar refractivity (Wildman–Crippen MR) is 108 cm³/mol. The second kappa shape index (κ2) is 8.00. The van der Waals surface area contributed by atoms with Gasteiger partial charge in [-0.15, -0.1) is 0 Å². The van der Waals surface area contributed by atoms with E-state index in [2.05, 4.69) is 21.4 Å². The minimum atomic E-state index is 0.00580. The minimum Gasteiger partial charge on any atom is -0.375 e. The van der Waals surface area contributed by atoms with Gasteiger partial charge in [0, 0.05) is 30.8 Å². The van der Waals surface area contributed by atoms with Crippen LogP contribution in [-0.2, 0) is 16.0 Å². The van der Waals surface area contributed by atoms with Crippen molar-refractivity contribution in [1.82, 2.24) is 14.9 Å². The summed E-state index contributed by atoms with van der Waals surface area (Å²) >= 11 is 0. The van der Waals surface area contributed by atoms with Gasteiger partial charge in [-0.3, -0.25) is 19.6 Å². The highest BCUT2D eigenvalue weighted by atomic mass is 16.2. The first kappa shape index (κ1) is 19.1. The molecule has 2 fully saturated rings. The van der Waals surface area contributed by atoms with E-state index < -0.39 is 0 Å². The maximum Gasteiger partial charge on any atom is 0.241 e. The van der Waals surface area contributed by atoms with Gasteiger partial charge in [0.05, 0.1) is 41.8 Å². The van der Waals surface area contributed by atoms with E-state index in [4.69, 9.17) is 0 Å². The van der Waals surface area contributed by atoms with Crippen LogP contribution in [0.25, 0.3) is 11.3 Å². The lowest BCUT2D eigenvalue weighted by Gasteiger charge is -2.17. The highest BCUT2D eigenvalue weighted by molar-refractivity contribution is 5.85. The smallest absolute Gasteiger partial charge is 0.241 e. The number of nitrogens with one attached hydrogen (secondary N) is 1. The van der Waals surface area contributed by atoms with E-state index in [1.165, 1.54) is 0 Å². The van der Waals surface area contributed by atoms with Crippen LogP contribution in [0.2, 0.25) is 0 Å². The normalized spacial score (nSPS) is 15.4. The fraction of sp³-hybridized carbons (Fsp3) is 0.409. The summed E-state index contributed by atoms with van der Waals surface area (Å²) in [7, 11) is 1.81. The van der Waals surface area contributed by atoms with Crippen LogP contribution in [0.15, 0.2) is 30.6 Å². The van der Waals surface area contributed by atoms with Gasteiger partial charge in [-0.1, -0.05) is 6.07 Å². The van der Waals surface area contributed by atoms with Gasteiger partial charge in [-0.25, -0.2) is 0 Å². The lowest BCUT2D eigenvalue weighted by atomic mass is 10.1. The number of amides is 1. The number of aromatic nitrogens is 2. The Morgan fingerprint density at radius 1 is 1.21 bits per heavy atom. The maximum atomic E-state index is 12.3. The number of likely N-dealkylation sites (N-methyl/N-ethyl adjacent to an activating group) is 1. The van der Waals surface area contributed by atoms with Crippen LogP contribution in [0.1, 0.15) is 36.9 Å². The SMILES string of the molecule is CN(C(=O)CNc1cc(-c2cnc(CC(=O)C3CC3)cn2)ccc1C#N)C1CC1. The van der Waals surface area contributed by atoms with Crippen molar-refractivity contribution in [3.05, 3.63) is 41.9 Å². The second-order valence-electron chi connectivity index (χ2n) is 7.77. The number of anilines is 1. The first-order chi connectivity index (χ1) is 14.0. The first-order valence-electron chi connectivity index (χ1n) is 9.93. The molecular formula is C22H23N5O2.